The zero-order chi connectivity index (χ0) is 15.3. The summed E-state index contributed by atoms with van der Waals surface area (Å²) in [7, 11) is 0. The number of aromatic amines is 1. The second-order valence-electron chi connectivity index (χ2n) is 5.20. The molecule has 2 heterocycles. The molecule has 0 bridgehead atoms. The predicted octanol–water partition coefficient (Wildman–Crippen LogP) is 0.491. The Morgan fingerprint density at radius 2 is 2.32 bits per heavy atom. The first-order chi connectivity index (χ1) is 10.7. The molecule has 7 nitrogen and oxygen atoms in total. The van der Waals surface area contributed by atoms with Crippen LogP contribution in [0.25, 0.3) is 16.9 Å². The maximum Gasteiger partial charge on any atom is 0.292 e. The summed E-state index contributed by atoms with van der Waals surface area (Å²) in [5.41, 5.74) is 9.99. The molecular formula is C15H13N5O2. The third-order valence-electron chi connectivity index (χ3n) is 3.86. The molecule has 1 amide bonds. The Balaban J connectivity index is 1.84. The van der Waals surface area contributed by atoms with Gasteiger partial charge >= 0.3 is 0 Å². The molecule has 1 aliphatic rings. The van der Waals surface area contributed by atoms with Gasteiger partial charge in [0, 0.05) is 30.1 Å². The van der Waals surface area contributed by atoms with E-state index in [4.69, 9.17) is 5.73 Å². The number of fused-ring (bicyclic) bond motifs is 5. The fourth-order valence-electron chi connectivity index (χ4n) is 2.90. The lowest BCUT2D eigenvalue weighted by molar-refractivity contribution is -0.114. The van der Waals surface area contributed by atoms with E-state index in [9.17, 15) is 9.59 Å². The van der Waals surface area contributed by atoms with E-state index < -0.39 is 0 Å². The minimum atomic E-state index is -0.235. The first-order valence-corrected chi connectivity index (χ1v) is 6.89. The van der Waals surface area contributed by atoms with Crippen LogP contribution < -0.4 is 16.6 Å². The van der Waals surface area contributed by atoms with Gasteiger partial charge in [0.1, 0.15) is 0 Å². The summed E-state index contributed by atoms with van der Waals surface area (Å²) >= 11 is 0. The molecular weight excluding hydrogens is 282 g/mol. The molecule has 3 aromatic rings. The highest BCUT2D eigenvalue weighted by molar-refractivity contribution is 5.92. The van der Waals surface area contributed by atoms with Crippen molar-refractivity contribution in [1.82, 2.24) is 14.4 Å². The molecule has 110 valence electrons. The predicted molar refractivity (Wildman–Crippen MR) is 81.7 cm³/mol. The first kappa shape index (κ1) is 12.8. The first-order valence-electron chi connectivity index (χ1n) is 6.89. The lowest BCUT2D eigenvalue weighted by Crippen LogP contribution is -2.21. The van der Waals surface area contributed by atoms with Crippen LogP contribution in [0.2, 0.25) is 0 Å². The van der Waals surface area contributed by atoms with Crippen molar-refractivity contribution in [2.24, 2.45) is 5.73 Å². The minimum Gasteiger partial charge on any atom is -0.325 e. The Bertz CT molecular complexity index is 970. The lowest BCUT2D eigenvalue weighted by Gasteiger charge is -2.06. The van der Waals surface area contributed by atoms with Crippen molar-refractivity contribution in [1.29, 1.82) is 0 Å². The summed E-state index contributed by atoms with van der Waals surface area (Å²) < 4.78 is 1.81. The van der Waals surface area contributed by atoms with Gasteiger partial charge in [0.15, 0.2) is 0 Å². The monoisotopic (exact) mass is 295 g/mol. The minimum absolute atomic E-state index is 0.0553. The van der Waals surface area contributed by atoms with E-state index in [0.717, 1.165) is 22.5 Å². The quantitative estimate of drug-likeness (QED) is 0.500. The van der Waals surface area contributed by atoms with Gasteiger partial charge < -0.3 is 16.0 Å². The molecule has 1 aromatic carbocycles. The van der Waals surface area contributed by atoms with Crippen LogP contribution in [0.4, 0.5) is 5.69 Å². The van der Waals surface area contributed by atoms with Gasteiger partial charge in [0.25, 0.3) is 5.56 Å². The highest BCUT2D eigenvalue weighted by Crippen LogP contribution is 2.35. The number of carbonyl (C=O) groups excluding carboxylic acids is 1. The molecule has 0 radical (unpaired) electrons. The maximum atomic E-state index is 12.1. The third-order valence-corrected chi connectivity index (χ3v) is 3.86. The highest BCUT2D eigenvalue weighted by Gasteiger charge is 2.23. The molecule has 1 aliphatic carbocycles. The van der Waals surface area contributed by atoms with E-state index in [0.29, 0.717) is 17.8 Å². The van der Waals surface area contributed by atoms with Gasteiger partial charge in [-0.1, -0.05) is 6.07 Å². The second kappa shape index (κ2) is 4.54. The summed E-state index contributed by atoms with van der Waals surface area (Å²) in [5, 5.41) is 2.74. The fourth-order valence-corrected chi connectivity index (χ4v) is 2.90. The second-order valence-corrected chi connectivity index (χ2v) is 5.20. The number of nitrogens with one attached hydrogen (secondary N) is 2. The van der Waals surface area contributed by atoms with Gasteiger partial charge in [-0.05, 0) is 17.7 Å². The van der Waals surface area contributed by atoms with E-state index >= 15 is 0 Å². The Morgan fingerprint density at radius 1 is 1.45 bits per heavy atom. The van der Waals surface area contributed by atoms with Crippen LogP contribution >= 0.6 is 0 Å². The van der Waals surface area contributed by atoms with Gasteiger partial charge in [-0.3, -0.25) is 14.0 Å². The summed E-state index contributed by atoms with van der Waals surface area (Å²) in [5.74, 6) is -0.235. The molecule has 2 aromatic heterocycles. The SMILES string of the molecule is NCC(=O)Nc1ccc2c(c1)Cc1c-2[nH]c(=O)c2nccn12. The average molecular weight is 295 g/mol. The zero-order valence-corrected chi connectivity index (χ0v) is 11.6. The molecule has 0 saturated heterocycles. The van der Waals surface area contributed by atoms with Crippen molar-refractivity contribution in [3.63, 3.8) is 0 Å². The van der Waals surface area contributed by atoms with Crippen molar-refractivity contribution < 1.29 is 4.79 Å². The number of hydrogen-bond donors (Lipinski definition) is 3. The van der Waals surface area contributed by atoms with E-state index in [1.165, 1.54) is 0 Å². The van der Waals surface area contributed by atoms with E-state index in [1.807, 2.05) is 16.5 Å². The Labute approximate surface area is 124 Å². The van der Waals surface area contributed by atoms with Crippen LogP contribution in [0.3, 0.4) is 0 Å². The van der Waals surface area contributed by atoms with Gasteiger partial charge in [0.05, 0.1) is 17.9 Å². The molecule has 7 heteroatoms. The van der Waals surface area contributed by atoms with Crippen LogP contribution in [0, 0.1) is 0 Å². The van der Waals surface area contributed by atoms with Crippen LogP contribution in [-0.4, -0.2) is 26.8 Å². The number of amides is 1. The van der Waals surface area contributed by atoms with E-state index in [2.05, 4.69) is 15.3 Å². The molecule has 4 rings (SSSR count). The van der Waals surface area contributed by atoms with Crippen molar-refractivity contribution >= 4 is 17.2 Å². The van der Waals surface area contributed by atoms with Crippen molar-refractivity contribution in [2.75, 3.05) is 11.9 Å². The molecule has 0 spiro atoms. The van der Waals surface area contributed by atoms with E-state index in [-0.39, 0.29) is 18.0 Å². The number of imidazole rings is 1. The van der Waals surface area contributed by atoms with Crippen LogP contribution in [0.5, 0.6) is 0 Å². The topological polar surface area (TPSA) is 105 Å². The standard InChI is InChI=1S/C15H13N5O2/c16-7-12(21)18-9-1-2-10-8(5-9)6-11-13(10)19-15(22)14-17-3-4-20(11)14/h1-5H,6-7,16H2,(H,18,21)(H,19,22). The number of nitrogens with zero attached hydrogens (tertiary/aromatic N) is 2. The highest BCUT2D eigenvalue weighted by atomic mass is 16.1. The maximum absolute atomic E-state index is 12.1. The number of benzene rings is 1. The molecule has 0 saturated carbocycles. The fraction of sp³-hybridized carbons (Fsp3) is 0.133. The van der Waals surface area contributed by atoms with Gasteiger partial charge in [-0.25, -0.2) is 4.98 Å². The van der Waals surface area contributed by atoms with Crippen LogP contribution in [0.15, 0.2) is 35.4 Å². The zero-order valence-electron chi connectivity index (χ0n) is 11.6. The number of hydrogen-bond acceptors (Lipinski definition) is 4. The summed E-state index contributed by atoms with van der Waals surface area (Å²) in [6.45, 7) is -0.0553. The smallest absolute Gasteiger partial charge is 0.292 e. The van der Waals surface area contributed by atoms with Crippen molar-refractivity contribution in [2.45, 2.75) is 6.42 Å². The summed E-state index contributed by atoms with van der Waals surface area (Å²) in [4.78, 5) is 30.4. The molecule has 0 aliphatic heterocycles. The van der Waals surface area contributed by atoms with Crippen molar-refractivity contribution in [3.05, 3.63) is 52.2 Å². The number of aromatic nitrogens is 3. The molecule has 0 unspecified atom stereocenters. The third kappa shape index (κ3) is 1.76. The Hall–Kier alpha value is -2.93. The summed E-state index contributed by atoms with van der Waals surface area (Å²) in [6.07, 6.45) is 4.06. The number of rotatable bonds is 2. The largest absolute Gasteiger partial charge is 0.325 e. The molecule has 0 fully saturated rings. The van der Waals surface area contributed by atoms with Gasteiger partial charge in [-0.15, -0.1) is 0 Å². The lowest BCUT2D eigenvalue weighted by atomic mass is 10.1. The van der Waals surface area contributed by atoms with Gasteiger partial charge in [0.2, 0.25) is 11.6 Å². The molecule has 22 heavy (non-hydrogen) atoms. The number of H-pyrrole nitrogens is 1. The Morgan fingerprint density at radius 3 is 3.14 bits per heavy atom. The molecule has 0 atom stereocenters. The summed E-state index contributed by atoms with van der Waals surface area (Å²) in [6, 6.07) is 5.61. The normalized spacial score (nSPS) is 12.2. The van der Waals surface area contributed by atoms with Gasteiger partial charge in [-0.2, -0.15) is 0 Å². The average Bonchev–Trinajstić information content (AvgIpc) is 3.11. The van der Waals surface area contributed by atoms with Crippen LogP contribution in [-0.2, 0) is 11.2 Å². The number of anilines is 1. The number of carbonyl (C=O) groups is 1. The van der Waals surface area contributed by atoms with E-state index in [1.54, 1.807) is 18.5 Å². The van der Waals surface area contributed by atoms with Crippen LogP contribution in [0.1, 0.15) is 11.3 Å². The Kier molecular flexibility index (Phi) is 2.64. The number of nitrogens with two attached hydrogens (primary N) is 1. The van der Waals surface area contributed by atoms with Crippen molar-refractivity contribution in [3.8, 4) is 11.3 Å². The molecule has 4 N–H and O–H groups in total.